The molecule has 0 spiro atoms. The smallest absolute Gasteiger partial charge is 0.251 e. The molecule has 3 aromatic heterocycles. The Balaban J connectivity index is 1.51. The number of thiol groups is 1. The average molecular weight is 451 g/mol. The van der Waals surface area contributed by atoms with E-state index in [0.29, 0.717) is 24.3 Å². The van der Waals surface area contributed by atoms with E-state index in [1.54, 1.807) is 41.4 Å². The van der Waals surface area contributed by atoms with Gasteiger partial charge in [0, 0.05) is 48.1 Å². The molecule has 6 nitrogen and oxygen atoms in total. The van der Waals surface area contributed by atoms with E-state index in [2.05, 4.69) is 28.8 Å². The van der Waals surface area contributed by atoms with Gasteiger partial charge in [0.1, 0.15) is 5.82 Å². The van der Waals surface area contributed by atoms with E-state index in [9.17, 15) is 9.18 Å². The van der Waals surface area contributed by atoms with Crippen molar-refractivity contribution in [1.29, 1.82) is 0 Å². The van der Waals surface area contributed by atoms with Crippen molar-refractivity contribution < 1.29 is 9.13 Å². The van der Waals surface area contributed by atoms with E-state index in [0.717, 1.165) is 40.9 Å². The summed E-state index contributed by atoms with van der Waals surface area (Å²) in [6.07, 6.45) is 5.42. The highest BCUT2D eigenvalue weighted by Gasteiger charge is 2.16. The Kier molecular flexibility index (Phi) is 5.48. The predicted molar refractivity (Wildman–Crippen MR) is 127 cm³/mol. The molecule has 1 aliphatic heterocycles. The third-order valence-electron chi connectivity index (χ3n) is 5.91. The summed E-state index contributed by atoms with van der Waals surface area (Å²) < 4.78 is 23.0. The van der Waals surface area contributed by atoms with Crippen LogP contribution in [0.5, 0.6) is 0 Å². The molecule has 1 fully saturated rings. The highest BCUT2D eigenvalue weighted by atomic mass is 32.1. The minimum absolute atomic E-state index is 0.184. The number of fused-ring (bicyclic) bond motifs is 1. The molecule has 0 atom stereocenters. The fourth-order valence-corrected chi connectivity index (χ4v) is 4.40. The zero-order valence-corrected chi connectivity index (χ0v) is 18.6. The highest BCUT2D eigenvalue weighted by Crippen LogP contribution is 2.32. The van der Waals surface area contributed by atoms with Crippen LogP contribution in [0.25, 0.3) is 22.2 Å². The van der Waals surface area contributed by atoms with Crippen LogP contribution in [0.15, 0.2) is 59.8 Å². The van der Waals surface area contributed by atoms with Crippen molar-refractivity contribution in [3.05, 3.63) is 82.3 Å². The van der Waals surface area contributed by atoms with Gasteiger partial charge in [0.05, 0.1) is 31.6 Å². The van der Waals surface area contributed by atoms with Gasteiger partial charge < -0.3 is 14.2 Å². The number of ether oxygens (including phenoxy) is 1. The van der Waals surface area contributed by atoms with E-state index in [4.69, 9.17) is 4.74 Å². The molecule has 1 saturated heterocycles. The van der Waals surface area contributed by atoms with Gasteiger partial charge in [0.15, 0.2) is 5.65 Å². The Hall–Kier alpha value is -3.10. The second kappa shape index (κ2) is 8.44. The summed E-state index contributed by atoms with van der Waals surface area (Å²) in [5, 5.41) is 0.922. The van der Waals surface area contributed by atoms with E-state index in [1.165, 1.54) is 4.57 Å². The van der Waals surface area contributed by atoms with Crippen molar-refractivity contribution in [3.8, 4) is 11.1 Å². The monoisotopic (exact) mass is 450 g/mol. The maximum Gasteiger partial charge on any atom is 0.251 e. The largest absolute Gasteiger partial charge is 0.378 e. The molecule has 32 heavy (non-hydrogen) atoms. The fourth-order valence-electron chi connectivity index (χ4n) is 4.12. The van der Waals surface area contributed by atoms with Gasteiger partial charge in [-0.05, 0) is 30.2 Å². The third kappa shape index (κ3) is 3.80. The van der Waals surface area contributed by atoms with Gasteiger partial charge in [-0.1, -0.05) is 31.0 Å². The van der Waals surface area contributed by atoms with E-state index >= 15 is 0 Å². The van der Waals surface area contributed by atoms with E-state index in [-0.39, 0.29) is 17.9 Å². The molecule has 4 aromatic rings. The van der Waals surface area contributed by atoms with Crippen molar-refractivity contribution in [3.63, 3.8) is 0 Å². The second-order valence-corrected chi connectivity index (χ2v) is 8.41. The van der Waals surface area contributed by atoms with Gasteiger partial charge in [-0.2, -0.15) is 0 Å². The van der Waals surface area contributed by atoms with E-state index in [1.807, 2.05) is 18.5 Å². The molecule has 5 rings (SSSR count). The normalized spacial score (nSPS) is 14.3. The first-order valence-electron chi connectivity index (χ1n) is 10.5. The lowest BCUT2D eigenvalue weighted by molar-refractivity contribution is 0.122. The molecule has 0 aliphatic carbocycles. The standard InChI is InChI=1S/C24H23FN4O2S/c1-16-3-2-4-18(23(16)25)14-28-6-5-17(11-22(28)30)21-15-29(32)24-20(21)12-19(13-26-24)27-7-9-31-10-8-27/h2-6,11-13,15,32H,7-10,14H2,1H3. The predicted octanol–water partition coefficient (Wildman–Crippen LogP) is 3.89. The molecular formula is C24H23FN4O2S. The molecule has 1 aromatic carbocycles. The Bertz CT molecular complexity index is 1360. The molecule has 1 aliphatic rings. The number of hydrogen-bond donors (Lipinski definition) is 1. The molecule has 8 heteroatoms. The lowest BCUT2D eigenvalue weighted by Gasteiger charge is -2.28. The first-order valence-corrected chi connectivity index (χ1v) is 10.9. The van der Waals surface area contributed by atoms with Crippen LogP contribution in [0.3, 0.4) is 0 Å². The SMILES string of the molecule is Cc1cccc(Cn2ccc(-c3cn(S)c4ncc(N5CCOCC5)cc34)cc2=O)c1F. The van der Waals surface area contributed by atoms with Crippen LogP contribution in [0, 0.1) is 12.7 Å². The lowest BCUT2D eigenvalue weighted by atomic mass is 10.1. The molecule has 0 radical (unpaired) electrons. The molecule has 0 unspecified atom stereocenters. The molecular weight excluding hydrogens is 427 g/mol. The summed E-state index contributed by atoms with van der Waals surface area (Å²) in [6.45, 7) is 4.92. The van der Waals surface area contributed by atoms with Gasteiger partial charge in [-0.3, -0.25) is 8.77 Å². The van der Waals surface area contributed by atoms with Crippen molar-refractivity contribution >= 4 is 29.5 Å². The fraction of sp³-hybridized carbons (Fsp3) is 0.250. The third-order valence-corrected chi connectivity index (χ3v) is 6.21. The number of anilines is 1. The number of benzene rings is 1. The summed E-state index contributed by atoms with van der Waals surface area (Å²) in [6, 6.07) is 10.8. The number of aryl methyl sites for hydroxylation is 1. The van der Waals surface area contributed by atoms with Crippen molar-refractivity contribution in [2.24, 2.45) is 0 Å². The first kappa shape index (κ1) is 20.8. The number of nitrogens with zero attached hydrogens (tertiary/aromatic N) is 4. The van der Waals surface area contributed by atoms with Crippen LogP contribution < -0.4 is 10.5 Å². The Morgan fingerprint density at radius 1 is 1.19 bits per heavy atom. The zero-order chi connectivity index (χ0) is 22.2. The number of aromatic nitrogens is 3. The molecule has 0 amide bonds. The van der Waals surface area contributed by atoms with Gasteiger partial charge >= 0.3 is 0 Å². The molecule has 0 bridgehead atoms. The number of halogens is 1. The molecule has 0 saturated carbocycles. The van der Waals surface area contributed by atoms with Crippen LogP contribution in [0.2, 0.25) is 0 Å². The van der Waals surface area contributed by atoms with Crippen LogP contribution in [-0.2, 0) is 11.3 Å². The van der Waals surface area contributed by atoms with Crippen molar-refractivity contribution in [2.75, 3.05) is 31.2 Å². The van der Waals surface area contributed by atoms with Gasteiger partial charge in [-0.15, -0.1) is 0 Å². The number of hydrogen-bond acceptors (Lipinski definition) is 5. The summed E-state index contributed by atoms with van der Waals surface area (Å²) >= 11 is 4.51. The van der Waals surface area contributed by atoms with Gasteiger partial charge in [-0.25, -0.2) is 9.37 Å². The Morgan fingerprint density at radius 2 is 2.00 bits per heavy atom. The summed E-state index contributed by atoms with van der Waals surface area (Å²) in [7, 11) is 0. The number of pyridine rings is 2. The lowest BCUT2D eigenvalue weighted by Crippen LogP contribution is -2.36. The zero-order valence-electron chi connectivity index (χ0n) is 17.7. The average Bonchev–Trinajstić information content (AvgIpc) is 3.14. The Labute approximate surface area is 190 Å². The Morgan fingerprint density at radius 3 is 2.78 bits per heavy atom. The number of rotatable bonds is 4. The first-order chi connectivity index (χ1) is 15.5. The maximum atomic E-state index is 14.4. The van der Waals surface area contributed by atoms with Crippen molar-refractivity contribution in [2.45, 2.75) is 13.5 Å². The van der Waals surface area contributed by atoms with Crippen LogP contribution in [0.1, 0.15) is 11.1 Å². The van der Waals surface area contributed by atoms with Gasteiger partial charge in [0.2, 0.25) is 0 Å². The summed E-state index contributed by atoms with van der Waals surface area (Å²) in [4.78, 5) is 19.7. The summed E-state index contributed by atoms with van der Waals surface area (Å²) in [5.74, 6) is -0.275. The minimum Gasteiger partial charge on any atom is -0.378 e. The summed E-state index contributed by atoms with van der Waals surface area (Å²) in [5.41, 5.74) is 4.26. The van der Waals surface area contributed by atoms with Crippen LogP contribution in [0.4, 0.5) is 10.1 Å². The molecule has 4 heterocycles. The second-order valence-electron chi connectivity index (χ2n) is 7.98. The van der Waals surface area contributed by atoms with Crippen molar-refractivity contribution in [1.82, 2.24) is 13.5 Å². The number of morpholine rings is 1. The van der Waals surface area contributed by atoms with Crippen LogP contribution >= 0.6 is 12.8 Å². The topological polar surface area (TPSA) is 52.3 Å². The van der Waals surface area contributed by atoms with E-state index < -0.39 is 0 Å². The van der Waals surface area contributed by atoms with Gasteiger partial charge in [0.25, 0.3) is 5.56 Å². The minimum atomic E-state index is -0.275. The molecule has 0 N–H and O–H groups in total. The maximum absolute atomic E-state index is 14.4. The highest BCUT2D eigenvalue weighted by molar-refractivity contribution is 7.78. The molecule has 164 valence electrons. The van der Waals surface area contributed by atoms with Crippen LogP contribution in [-0.4, -0.2) is 39.8 Å². The quantitative estimate of drug-likeness (QED) is 0.480.